The molecule has 6 heteroatoms. The number of pyridine rings is 1. The second-order valence-electron chi connectivity index (χ2n) is 6.29. The highest BCUT2D eigenvalue weighted by molar-refractivity contribution is 5.84. The highest BCUT2D eigenvalue weighted by Crippen LogP contribution is 2.26. The Kier molecular flexibility index (Phi) is 4.39. The maximum Gasteiger partial charge on any atom is 0.339 e. The molecule has 0 N–H and O–H groups in total. The molecule has 1 fully saturated rings. The van der Waals surface area contributed by atoms with Crippen molar-refractivity contribution >= 4 is 16.9 Å². The highest BCUT2D eigenvalue weighted by Gasteiger charge is 2.28. The van der Waals surface area contributed by atoms with Crippen molar-refractivity contribution in [2.45, 2.75) is 12.3 Å². The van der Waals surface area contributed by atoms with E-state index in [9.17, 15) is 9.59 Å². The largest absolute Gasteiger partial charge is 0.483 e. The standard InChI is InChI=1S/C20H18N2O4/c23-19(22-10-8-14(12-22)16-6-3-4-9-21-16)13-25-18-11-20(24)26-17-7-2-1-5-15(17)18/h1-7,9,11,14H,8,10,12-13H2/t14-/m0/s1. The van der Waals surface area contributed by atoms with Gasteiger partial charge in [0.05, 0.1) is 11.5 Å². The molecule has 0 unspecified atom stereocenters. The van der Waals surface area contributed by atoms with E-state index in [4.69, 9.17) is 9.15 Å². The second-order valence-corrected chi connectivity index (χ2v) is 6.29. The average molecular weight is 350 g/mol. The topological polar surface area (TPSA) is 72.6 Å². The molecule has 0 saturated carbocycles. The average Bonchev–Trinajstić information content (AvgIpc) is 3.17. The molecule has 0 radical (unpaired) electrons. The number of carbonyl (C=O) groups excluding carboxylic acids is 1. The van der Waals surface area contributed by atoms with Gasteiger partial charge in [0.15, 0.2) is 6.61 Å². The number of amides is 1. The van der Waals surface area contributed by atoms with Crippen LogP contribution in [-0.4, -0.2) is 35.5 Å². The lowest BCUT2D eigenvalue weighted by atomic mass is 10.0. The van der Waals surface area contributed by atoms with Gasteiger partial charge in [-0.1, -0.05) is 18.2 Å². The predicted molar refractivity (Wildman–Crippen MR) is 96.2 cm³/mol. The smallest absolute Gasteiger partial charge is 0.339 e. The van der Waals surface area contributed by atoms with Crippen LogP contribution in [0.4, 0.5) is 0 Å². The van der Waals surface area contributed by atoms with Crippen LogP contribution in [0.3, 0.4) is 0 Å². The van der Waals surface area contributed by atoms with Crippen LogP contribution in [0.15, 0.2) is 63.9 Å². The van der Waals surface area contributed by atoms with Crippen LogP contribution >= 0.6 is 0 Å². The zero-order valence-corrected chi connectivity index (χ0v) is 14.1. The Morgan fingerprint density at radius 2 is 2.08 bits per heavy atom. The van der Waals surface area contributed by atoms with Crippen molar-refractivity contribution in [3.8, 4) is 5.75 Å². The third-order valence-electron chi connectivity index (χ3n) is 4.61. The van der Waals surface area contributed by atoms with Gasteiger partial charge in [-0.05, 0) is 30.7 Å². The van der Waals surface area contributed by atoms with E-state index < -0.39 is 5.63 Å². The summed E-state index contributed by atoms with van der Waals surface area (Å²) in [4.78, 5) is 30.3. The monoisotopic (exact) mass is 350 g/mol. The maximum absolute atomic E-state index is 12.5. The summed E-state index contributed by atoms with van der Waals surface area (Å²) in [5.74, 6) is 0.524. The lowest BCUT2D eigenvalue weighted by Crippen LogP contribution is -2.33. The van der Waals surface area contributed by atoms with Crippen LogP contribution in [0.5, 0.6) is 5.75 Å². The lowest BCUT2D eigenvalue weighted by Gasteiger charge is -2.17. The Morgan fingerprint density at radius 1 is 1.23 bits per heavy atom. The summed E-state index contributed by atoms with van der Waals surface area (Å²) in [6, 6.07) is 14.2. The number of rotatable bonds is 4. The van der Waals surface area contributed by atoms with E-state index in [1.807, 2.05) is 24.3 Å². The molecule has 6 nitrogen and oxygen atoms in total. The molecule has 26 heavy (non-hydrogen) atoms. The fraction of sp³-hybridized carbons (Fsp3) is 0.250. The summed E-state index contributed by atoms with van der Waals surface area (Å²) in [7, 11) is 0. The number of benzene rings is 1. The van der Waals surface area contributed by atoms with Gasteiger partial charge in [0.25, 0.3) is 5.91 Å². The molecular formula is C20H18N2O4. The van der Waals surface area contributed by atoms with E-state index in [0.717, 1.165) is 12.1 Å². The van der Waals surface area contributed by atoms with Gasteiger partial charge in [-0.2, -0.15) is 0 Å². The Labute approximate surface area is 150 Å². The number of nitrogens with zero attached hydrogens (tertiary/aromatic N) is 2. The Balaban J connectivity index is 1.43. The van der Waals surface area contributed by atoms with E-state index >= 15 is 0 Å². The number of para-hydroxylation sites is 1. The first-order valence-corrected chi connectivity index (χ1v) is 8.55. The minimum Gasteiger partial charge on any atom is -0.483 e. The summed E-state index contributed by atoms with van der Waals surface area (Å²) in [6.45, 7) is 1.21. The lowest BCUT2D eigenvalue weighted by molar-refractivity contribution is -0.132. The zero-order chi connectivity index (χ0) is 17.9. The molecule has 1 amide bonds. The van der Waals surface area contributed by atoms with Gasteiger partial charge in [0.1, 0.15) is 11.3 Å². The molecule has 0 aliphatic carbocycles. The molecule has 0 spiro atoms. The summed E-state index contributed by atoms with van der Waals surface area (Å²) >= 11 is 0. The molecule has 1 saturated heterocycles. The SMILES string of the molecule is O=C(COc1cc(=O)oc2ccccc12)N1CC[C@H](c2ccccn2)C1. The molecule has 3 heterocycles. The molecule has 1 aliphatic rings. The van der Waals surface area contributed by atoms with Gasteiger partial charge < -0.3 is 14.1 Å². The normalized spacial score (nSPS) is 16.8. The fourth-order valence-electron chi connectivity index (χ4n) is 3.28. The van der Waals surface area contributed by atoms with E-state index in [1.54, 1.807) is 29.3 Å². The number of hydrogen-bond acceptors (Lipinski definition) is 5. The maximum atomic E-state index is 12.5. The first-order valence-electron chi connectivity index (χ1n) is 8.55. The van der Waals surface area contributed by atoms with Crippen LogP contribution in [0.25, 0.3) is 11.0 Å². The fourth-order valence-corrected chi connectivity index (χ4v) is 3.28. The Hall–Kier alpha value is -3.15. The summed E-state index contributed by atoms with van der Waals surface area (Å²) in [6.07, 6.45) is 2.66. The van der Waals surface area contributed by atoms with Crippen molar-refractivity contribution in [3.05, 3.63) is 70.8 Å². The number of likely N-dealkylation sites (tertiary alicyclic amines) is 1. The molecule has 1 aromatic carbocycles. The van der Waals surface area contributed by atoms with Crippen molar-refractivity contribution in [2.24, 2.45) is 0 Å². The first kappa shape index (κ1) is 16.3. The minimum absolute atomic E-state index is 0.0965. The third-order valence-corrected chi connectivity index (χ3v) is 4.61. The summed E-state index contributed by atoms with van der Waals surface area (Å²) < 4.78 is 10.8. The molecule has 4 rings (SSSR count). The molecule has 0 bridgehead atoms. The highest BCUT2D eigenvalue weighted by atomic mass is 16.5. The Morgan fingerprint density at radius 3 is 2.92 bits per heavy atom. The van der Waals surface area contributed by atoms with Crippen LogP contribution in [0.2, 0.25) is 0 Å². The summed E-state index contributed by atoms with van der Waals surface area (Å²) in [5.41, 5.74) is 0.955. The first-order chi connectivity index (χ1) is 12.7. The van der Waals surface area contributed by atoms with E-state index in [-0.39, 0.29) is 18.4 Å². The predicted octanol–water partition coefficient (Wildman–Crippen LogP) is 2.58. The number of carbonyl (C=O) groups is 1. The van der Waals surface area contributed by atoms with Crippen LogP contribution < -0.4 is 10.4 Å². The van der Waals surface area contributed by atoms with Crippen molar-refractivity contribution in [1.29, 1.82) is 0 Å². The van der Waals surface area contributed by atoms with Crippen molar-refractivity contribution < 1.29 is 13.9 Å². The van der Waals surface area contributed by atoms with Crippen LogP contribution in [-0.2, 0) is 4.79 Å². The minimum atomic E-state index is -0.498. The molecule has 1 aliphatic heterocycles. The van der Waals surface area contributed by atoms with Gasteiger partial charge in [0.2, 0.25) is 0 Å². The van der Waals surface area contributed by atoms with E-state index in [2.05, 4.69) is 4.98 Å². The number of ether oxygens (including phenoxy) is 1. The molecule has 132 valence electrons. The van der Waals surface area contributed by atoms with Gasteiger partial charge in [-0.25, -0.2) is 4.79 Å². The van der Waals surface area contributed by atoms with Gasteiger partial charge in [0, 0.05) is 30.9 Å². The van der Waals surface area contributed by atoms with E-state index in [1.165, 1.54) is 6.07 Å². The van der Waals surface area contributed by atoms with Crippen molar-refractivity contribution in [2.75, 3.05) is 19.7 Å². The van der Waals surface area contributed by atoms with Crippen molar-refractivity contribution in [1.82, 2.24) is 9.88 Å². The van der Waals surface area contributed by atoms with Gasteiger partial charge in [-0.3, -0.25) is 9.78 Å². The zero-order valence-electron chi connectivity index (χ0n) is 14.1. The molecule has 1 atom stereocenters. The number of aromatic nitrogens is 1. The molecule has 3 aromatic rings. The molecular weight excluding hydrogens is 332 g/mol. The quantitative estimate of drug-likeness (QED) is 0.676. The van der Waals surface area contributed by atoms with E-state index in [0.29, 0.717) is 29.8 Å². The number of fused-ring (bicyclic) bond motifs is 1. The molecule has 2 aromatic heterocycles. The third kappa shape index (κ3) is 3.31. The summed E-state index contributed by atoms with van der Waals surface area (Å²) in [5, 5.41) is 0.674. The Bertz CT molecular complexity index is 984. The van der Waals surface area contributed by atoms with Crippen LogP contribution in [0.1, 0.15) is 18.0 Å². The van der Waals surface area contributed by atoms with Crippen LogP contribution in [0, 0.1) is 0 Å². The van der Waals surface area contributed by atoms with Gasteiger partial charge >= 0.3 is 5.63 Å². The second kappa shape index (κ2) is 7.00. The number of hydrogen-bond donors (Lipinski definition) is 0. The van der Waals surface area contributed by atoms with Crippen molar-refractivity contribution in [3.63, 3.8) is 0 Å². The van der Waals surface area contributed by atoms with Gasteiger partial charge in [-0.15, -0.1) is 0 Å².